The number of methoxy groups -OCH3 is 2. The molecule has 0 unspecified atom stereocenters. The van der Waals surface area contributed by atoms with Crippen molar-refractivity contribution in [3.8, 4) is 22.8 Å². The van der Waals surface area contributed by atoms with E-state index in [-0.39, 0.29) is 30.1 Å². The van der Waals surface area contributed by atoms with Crippen molar-refractivity contribution in [2.75, 3.05) is 19.5 Å². The zero-order valence-corrected chi connectivity index (χ0v) is 16.7. The van der Waals surface area contributed by atoms with Crippen LogP contribution in [0.1, 0.15) is 12.8 Å². The Balaban J connectivity index is 1.67. The lowest BCUT2D eigenvalue weighted by Crippen LogP contribution is -2.23. The van der Waals surface area contributed by atoms with Crippen LogP contribution in [0.4, 0.5) is 10.1 Å². The minimum Gasteiger partial charge on any atom is -0.493 e. The third-order valence-electron chi connectivity index (χ3n) is 4.47. The van der Waals surface area contributed by atoms with Gasteiger partial charge in [-0.15, -0.1) is 0 Å². The van der Waals surface area contributed by atoms with Gasteiger partial charge in [0.2, 0.25) is 5.91 Å². The summed E-state index contributed by atoms with van der Waals surface area (Å²) in [6.45, 7) is 0.255. The Bertz CT molecular complexity index is 1100. The van der Waals surface area contributed by atoms with Gasteiger partial charge in [-0.25, -0.2) is 9.07 Å². The zero-order chi connectivity index (χ0) is 21.5. The molecule has 0 saturated carbocycles. The Kier molecular flexibility index (Phi) is 6.79. The maximum Gasteiger partial charge on any atom is 0.266 e. The SMILES string of the molecule is COc1ccc(-c2ccc(=O)n(CCCC(=O)Nc3ccccc3F)n2)cc1OC. The number of hydrogen-bond donors (Lipinski definition) is 1. The smallest absolute Gasteiger partial charge is 0.266 e. The molecule has 0 aliphatic heterocycles. The maximum absolute atomic E-state index is 13.6. The summed E-state index contributed by atoms with van der Waals surface area (Å²) in [7, 11) is 3.10. The molecule has 30 heavy (non-hydrogen) atoms. The fraction of sp³-hybridized carbons (Fsp3) is 0.227. The molecule has 0 bridgehead atoms. The second-order valence-corrected chi connectivity index (χ2v) is 6.48. The van der Waals surface area contributed by atoms with Gasteiger partial charge in [0.15, 0.2) is 11.5 Å². The molecular formula is C22H22FN3O4. The largest absolute Gasteiger partial charge is 0.493 e. The van der Waals surface area contributed by atoms with E-state index >= 15 is 0 Å². The molecule has 0 atom stereocenters. The number of aryl methyl sites for hydroxylation is 1. The van der Waals surface area contributed by atoms with Crippen LogP contribution in [0, 0.1) is 5.82 Å². The summed E-state index contributed by atoms with van der Waals surface area (Å²) in [4.78, 5) is 24.2. The quantitative estimate of drug-likeness (QED) is 0.614. The van der Waals surface area contributed by atoms with E-state index in [9.17, 15) is 14.0 Å². The van der Waals surface area contributed by atoms with Crippen molar-refractivity contribution in [2.45, 2.75) is 19.4 Å². The van der Waals surface area contributed by atoms with E-state index in [0.717, 1.165) is 5.56 Å². The highest BCUT2D eigenvalue weighted by atomic mass is 19.1. The first-order chi connectivity index (χ1) is 14.5. The van der Waals surface area contributed by atoms with Gasteiger partial charge in [-0.2, -0.15) is 5.10 Å². The summed E-state index contributed by atoms with van der Waals surface area (Å²) in [5.41, 5.74) is 1.21. The zero-order valence-electron chi connectivity index (χ0n) is 16.7. The van der Waals surface area contributed by atoms with E-state index < -0.39 is 5.82 Å². The average Bonchev–Trinajstić information content (AvgIpc) is 2.76. The van der Waals surface area contributed by atoms with Gasteiger partial charge in [0, 0.05) is 24.6 Å². The lowest BCUT2D eigenvalue weighted by atomic mass is 10.1. The average molecular weight is 411 g/mol. The fourth-order valence-corrected chi connectivity index (χ4v) is 2.92. The van der Waals surface area contributed by atoms with Crippen molar-refractivity contribution in [3.05, 3.63) is 70.8 Å². The first-order valence-electron chi connectivity index (χ1n) is 9.37. The number of rotatable bonds is 8. The van der Waals surface area contributed by atoms with Crippen LogP contribution in [-0.2, 0) is 11.3 Å². The Labute approximate surface area is 173 Å². The van der Waals surface area contributed by atoms with Gasteiger partial charge in [0.1, 0.15) is 5.82 Å². The van der Waals surface area contributed by atoms with E-state index in [1.165, 1.54) is 22.9 Å². The van der Waals surface area contributed by atoms with Gasteiger partial charge in [-0.3, -0.25) is 9.59 Å². The van der Waals surface area contributed by atoms with Crippen molar-refractivity contribution in [1.29, 1.82) is 0 Å². The van der Waals surface area contributed by atoms with Gasteiger partial charge in [0.25, 0.3) is 5.56 Å². The summed E-state index contributed by atoms with van der Waals surface area (Å²) < 4.78 is 25.5. The minimum absolute atomic E-state index is 0.128. The molecule has 0 aliphatic rings. The number of halogens is 1. The predicted molar refractivity (Wildman–Crippen MR) is 111 cm³/mol. The van der Waals surface area contributed by atoms with Crippen LogP contribution in [0.5, 0.6) is 11.5 Å². The molecule has 1 amide bonds. The molecule has 2 aromatic carbocycles. The Hall–Kier alpha value is -3.68. The molecule has 1 heterocycles. The maximum atomic E-state index is 13.6. The molecule has 7 nitrogen and oxygen atoms in total. The van der Waals surface area contributed by atoms with Gasteiger partial charge < -0.3 is 14.8 Å². The van der Waals surface area contributed by atoms with Crippen molar-refractivity contribution in [1.82, 2.24) is 9.78 Å². The standard InChI is InChI=1S/C22H22FN3O4/c1-29-19-11-9-15(14-20(19)30-2)17-10-12-22(28)26(25-17)13-5-8-21(27)24-18-7-4-3-6-16(18)23/h3-4,6-7,9-12,14H,5,8,13H2,1-2H3,(H,24,27). The Morgan fingerprint density at radius 2 is 1.83 bits per heavy atom. The van der Waals surface area contributed by atoms with E-state index in [2.05, 4.69) is 10.4 Å². The number of benzene rings is 2. The molecule has 3 aromatic rings. The van der Waals surface area contributed by atoms with E-state index in [0.29, 0.717) is 23.6 Å². The monoisotopic (exact) mass is 411 g/mol. The molecule has 3 rings (SSSR count). The van der Waals surface area contributed by atoms with Crippen LogP contribution < -0.4 is 20.3 Å². The predicted octanol–water partition coefficient (Wildman–Crippen LogP) is 3.49. The molecule has 0 saturated heterocycles. The number of para-hydroxylation sites is 1. The fourth-order valence-electron chi connectivity index (χ4n) is 2.92. The van der Waals surface area contributed by atoms with Crippen LogP contribution >= 0.6 is 0 Å². The van der Waals surface area contributed by atoms with Crippen LogP contribution in [0.3, 0.4) is 0 Å². The number of hydrogen-bond acceptors (Lipinski definition) is 5. The summed E-state index contributed by atoms with van der Waals surface area (Å²) in [5, 5.41) is 6.91. The number of nitrogens with zero attached hydrogens (tertiary/aromatic N) is 2. The van der Waals surface area contributed by atoms with Gasteiger partial charge >= 0.3 is 0 Å². The first-order valence-corrected chi connectivity index (χ1v) is 9.37. The minimum atomic E-state index is -0.494. The normalized spacial score (nSPS) is 10.5. The highest BCUT2D eigenvalue weighted by Gasteiger charge is 2.10. The van der Waals surface area contributed by atoms with Gasteiger partial charge in [-0.05, 0) is 42.8 Å². The van der Waals surface area contributed by atoms with E-state index in [4.69, 9.17) is 9.47 Å². The van der Waals surface area contributed by atoms with Crippen molar-refractivity contribution in [3.63, 3.8) is 0 Å². The second kappa shape index (κ2) is 9.69. The highest BCUT2D eigenvalue weighted by molar-refractivity contribution is 5.90. The number of carbonyl (C=O) groups excluding carboxylic acids is 1. The van der Waals surface area contributed by atoms with Crippen LogP contribution in [0.15, 0.2) is 59.4 Å². The summed E-state index contributed by atoms with van der Waals surface area (Å²) >= 11 is 0. The van der Waals surface area contributed by atoms with Gasteiger partial charge in [-0.1, -0.05) is 12.1 Å². The molecule has 156 valence electrons. The highest BCUT2D eigenvalue weighted by Crippen LogP contribution is 2.31. The molecule has 0 aliphatic carbocycles. The van der Waals surface area contributed by atoms with Crippen molar-refractivity contribution >= 4 is 11.6 Å². The Morgan fingerprint density at radius 1 is 1.07 bits per heavy atom. The Morgan fingerprint density at radius 3 is 2.57 bits per heavy atom. The topological polar surface area (TPSA) is 82.5 Å². The van der Waals surface area contributed by atoms with Gasteiger partial charge in [0.05, 0.1) is 25.6 Å². The summed E-state index contributed by atoms with van der Waals surface area (Å²) in [6, 6.07) is 14.4. The molecular weight excluding hydrogens is 389 g/mol. The van der Waals surface area contributed by atoms with E-state index in [1.54, 1.807) is 44.6 Å². The molecule has 8 heteroatoms. The van der Waals surface area contributed by atoms with Crippen LogP contribution in [-0.4, -0.2) is 29.9 Å². The first kappa shape index (κ1) is 21.0. The molecule has 1 N–H and O–H groups in total. The van der Waals surface area contributed by atoms with Crippen molar-refractivity contribution in [2.24, 2.45) is 0 Å². The lowest BCUT2D eigenvalue weighted by molar-refractivity contribution is -0.116. The number of anilines is 1. The number of carbonyl (C=O) groups is 1. The molecule has 0 fully saturated rings. The van der Waals surface area contributed by atoms with Crippen LogP contribution in [0.25, 0.3) is 11.3 Å². The number of ether oxygens (including phenoxy) is 2. The summed E-state index contributed by atoms with van der Waals surface area (Å²) in [5.74, 6) is 0.324. The third-order valence-corrected chi connectivity index (χ3v) is 4.47. The summed E-state index contributed by atoms with van der Waals surface area (Å²) in [6.07, 6.45) is 0.506. The number of nitrogens with one attached hydrogen (secondary N) is 1. The molecule has 1 aromatic heterocycles. The van der Waals surface area contributed by atoms with E-state index in [1.807, 2.05) is 6.07 Å². The number of amides is 1. The number of aromatic nitrogens is 2. The molecule has 0 radical (unpaired) electrons. The van der Waals surface area contributed by atoms with Crippen LogP contribution in [0.2, 0.25) is 0 Å². The second-order valence-electron chi connectivity index (χ2n) is 6.48. The third kappa shape index (κ3) is 5.02. The molecule has 0 spiro atoms. The van der Waals surface area contributed by atoms with Crippen molar-refractivity contribution < 1.29 is 18.7 Å². The lowest BCUT2D eigenvalue weighted by Gasteiger charge is -2.11.